The van der Waals surface area contributed by atoms with Gasteiger partial charge in [0.25, 0.3) is 0 Å². The van der Waals surface area contributed by atoms with Gasteiger partial charge in [0, 0.05) is 17.6 Å². The number of halogens is 2. The zero-order valence-electron chi connectivity index (χ0n) is 12.5. The molecule has 0 aliphatic heterocycles. The number of rotatable bonds is 5. The molecular formula is C17H17ClFNO2. The number of hydrogen-bond donors (Lipinski definition) is 1. The van der Waals surface area contributed by atoms with Crippen LogP contribution in [0.2, 0.25) is 5.02 Å². The molecule has 0 saturated carbocycles. The molecule has 0 heterocycles. The van der Waals surface area contributed by atoms with Crippen molar-refractivity contribution in [2.45, 2.75) is 20.0 Å². The van der Waals surface area contributed by atoms with E-state index in [1.165, 1.54) is 6.07 Å². The van der Waals surface area contributed by atoms with Crippen molar-refractivity contribution >= 4 is 17.5 Å². The van der Waals surface area contributed by atoms with Crippen molar-refractivity contribution in [3.8, 4) is 5.75 Å². The van der Waals surface area contributed by atoms with Gasteiger partial charge in [-0.05, 0) is 36.2 Å². The van der Waals surface area contributed by atoms with Crippen LogP contribution in [-0.2, 0) is 17.8 Å². The van der Waals surface area contributed by atoms with Gasteiger partial charge in [0.2, 0.25) is 5.91 Å². The molecule has 0 aromatic heterocycles. The molecular weight excluding hydrogens is 305 g/mol. The van der Waals surface area contributed by atoms with Crippen molar-refractivity contribution < 1.29 is 13.9 Å². The summed E-state index contributed by atoms with van der Waals surface area (Å²) in [5.41, 5.74) is 2.27. The first-order chi connectivity index (χ1) is 10.5. The van der Waals surface area contributed by atoms with E-state index in [1.807, 2.05) is 13.0 Å². The van der Waals surface area contributed by atoms with E-state index in [2.05, 4.69) is 5.32 Å². The van der Waals surface area contributed by atoms with Crippen molar-refractivity contribution in [1.82, 2.24) is 5.32 Å². The van der Waals surface area contributed by atoms with E-state index in [1.54, 1.807) is 31.3 Å². The Hall–Kier alpha value is -2.07. The second kappa shape index (κ2) is 7.27. The Balaban J connectivity index is 2.19. The molecule has 2 aromatic carbocycles. The average molecular weight is 322 g/mol. The van der Waals surface area contributed by atoms with E-state index in [9.17, 15) is 9.18 Å². The molecule has 0 unspecified atom stereocenters. The fourth-order valence-corrected chi connectivity index (χ4v) is 2.31. The highest BCUT2D eigenvalue weighted by Gasteiger charge is 2.12. The summed E-state index contributed by atoms with van der Waals surface area (Å²) < 4.78 is 19.3. The third kappa shape index (κ3) is 3.98. The van der Waals surface area contributed by atoms with Crippen LogP contribution < -0.4 is 10.1 Å². The minimum Gasteiger partial charge on any atom is -0.486 e. The predicted molar refractivity (Wildman–Crippen MR) is 84.7 cm³/mol. The second-order valence-electron chi connectivity index (χ2n) is 4.95. The van der Waals surface area contributed by atoms with E-state index in [0.29, 0.717) is 10.6 Å². The summed E-state index contributed by atoms with van der Waals surface area (Å²) >= 11 is 6.18. The number of carbonyl (C=O) groups is 1. The molecule has 116 valence electrons. The van der Waals surface area contributed by atoms with Crippen LogP contribution in [0.25, 0.3) is 0 Å². The van der Waals surface area contributed by atoms with Gasteiger partial charge in [-0.2, -0.15) is 0 Å². The summed E-state index contributed by atoms with van der Waals surface area (Å²) in [5, 5.41) is 3.06. The highest BCUT2D eigenvalue weighted by Crippen LogP contribution is 2.24. The van der Waals surface area contributed by atoms with Crippen molar-refractivity contribution in [3.05, 3.63) is 63.9 Å². The van der Waals surface area contributed by atoms with Crippen LogP contribution in [0.15, 0.2) is 36.4 Å². The Bertz CT molecular complexity index is 688. The summed E-state index contributed by atoms with van der Waals surface area (Å²) in [5.74, 6) is -0.374. The van der Waals surface area contributed by atoms with Gasteiger partial charge in [0.15, 0.2) is 11.6 Å². The second-order valence-corrected chi connectivity index (χ2v) is 5.36. The van der Waals surface area contributed by atoms with E-state index in [0.717, 1.165) is 11.1 Å². The minimum atomic E-state index is -0.417. The minimum absolute atomic E-state index is 0.103. The third-order valence-corrected chi connectivity index (χ3v) is 3.66. The number of hydrogen-bond acceptors (Lipinski definition) is 2. The number of nitrogens with one attached hydrogen (secondary N) is 1. The summed E-state index contributed by atoms with van der Waals surface area (Å²) in [6.45, 7) is 1.91. The van der Waals surface area contributed by atoms with Gasteiger partial charge in [-0.25, -0.2) is 4.39 Å². The average Bonchev–Trinajstić information content (AvgIpc) is 2.48. The number of carbonyl (C=O) groups excluding carboxylic acids is 1. The molecule has 0 radical (unpaired) electrons. The monoisotopic (exact) mass is 321 g/mol. The highest BCUT2D eigenvalue weighted by molar-refractivity contribution is 6.31. The van der Waals surface area contributed by atoms with E-state index in [-0.39, 0.29) is 24.7 Å². The molecule has 2 rings (SSSR count). The number of benzene rings is 2. The van der Waals surface area contributed by atoms with Gasteiger partial charge in [0.1, 0.15) is 6.61 Å². The lowest BCUT2D eigenvalue weighted by Gasteiger charge is -2.13. The first-order valence-corrected chi connectivity index (χ1v) is 7.25. The lowest BCUT2D eigenvalue weighted by molar-refractivity contribution is -0.119. The SMILES string of the molecule is CNC(=O)Cc1cccc(Cl)c1COc1ccc(C)cc1F. The molecule has 22 heavy (non-hydrogen) atoms. The van der Waals surface area contributed by atoms with Crippen LogP contribution in [0.1, 0.15) is 16.7 Å². The Morgan fingerprint density at radius 3 is 2.77 bits per heavy atom. The quantitative estimate of drug-likeness (QED) is 0.912. The first-order valence-electron chi connectivity index (χ1n) is 6.87. The van der Waals surface area contributed by atoms with Crippen molar-refractivity contribution in [2.24, 2.45) is 0 Å². The molecule has 0 saturated heterocycles. The molecule has 5 heteroatoms. The molecule has 1 amide bonds. The van der Waals surface area contributed by atoms with Crippen LogP contribution in [-0.4, -0.2) is 13.0 Å². The summed E-state index contributed by atoms with van der Waals surface area (Å²) in [6, 6.07) is 10.1. The lowest BCUT2D eigenvalue weighted by atomic mass is 10.0. The van der Waals surface area contributed by atoms with Crippen LogP contribution >= 0.6 is 11.6 Å². The standard InChI is InChI=1S/C17H17ClFNO2/c1-11-6-7-16(15(19)8-11)22-10-13-12(9-17(21)20-2)4-3-5-14(13)18/h3-8H,9-10H2,1-2H3,(H,20,21). The summed E-state index contributed by atoms with van der Waals surface area (Å²) in [6.07, 6.45) is 0.201. The summed E-state index contributed by atoms with van der Waals surface area (Å²) in [7, 11) is 1.57. The van der Waals surface area contributed by atoms with Gasteiger partial charge in [0.05, 0.1) is 6.42 Å². The molecule has 0 spiro atoms. The van der Waals surface area contributed by atoms with Crippen molar-refractivity contribution in [2.75, 3.05) is 7.05 Å². The van der Waals surface area contributed by atoms with Gasteiger partial charge in [-0.1, -0.05) is 29.8 Å². The molecule has 0 bridgehead atoms. The molecule has 0 aliphatic rings. The zero-order valence-corrected chi connectivity index (χ0v) is 13.2. The molecule has 1 N–H and O–H groups in total. The smallest absolute Gasteiger partial charge is 0.224 e. The van der Waals surface area contributed by atoms with E-state index < -0.39 is 5.82 Å². The number of amides is 1. The maximum atomic E-state index is 13.8. The van der Waals surface area contributed by atoms with Crippen molar-refractivity contribution in [3.63, 3.8) is 0 Å². The van der Waals surface area contributed by atoms with Gasteiger partial charge in [-0.3, -0.25) is 4.79 Å². The molecule has 0 atom stereocenters. The fourth-order valence-electron chi connectivity index (χ4n) is 2.06. The zero-order chi connectivity index (χ0) is 16.1. The molecule has 3 nitrogen and oxygen atoms in total. The largest absolute Gasteiger partial charge is 0.486 e. The van der Waals surface area contributed by atoms with Crippen molar-refractivity contribution in [1.29, 1.82) is 0 Å². The first kappa shape index (κ1) is 16.3. The van der Waals surface area contributed by atoms with Gasteiger partial charge in [-0.15, -0.1) is 0 Å². The Labute approximate surface area is 134 Å². The topological polar surface area (TPSA) is 38.3 Å². The maximum Gasteiger partial charge on any atom is 0.224 e. The Kier molecular flexibility index (Phi) is 5.39. The van der Waals surface area contributed by atoms with Crippen LogP contribution in [0.3, 0.4) is 0 Å². The molecule has 0 fully saturated rings. The van der Waals surface area contributed by atoms with Crippen LogP contribution in [0.5, 0.6) is 5.75 Å². The van der Waals surface area contributed by atoms with E-state index in [4.69, 9.17) is 16.3 Å². The number of ether oxygens (including phenoxy) is 1. The third-order valence-electron chi connectivity index (χ3n) is 3.31. The molecule has 0 aliphatic carbocycles. The van der Waals surface area contributed by atoms with Crippen LogP contribution in [0, 0.1) is 12.7 Å². The predicted octanol–water partition coefficient (Wildman–Crippen LogP) is 3.66. The number of likely N-dealkylation sites (N-methyl/N-ethyl adjacent to an activating group) is 1. The van der Waals surface area contributed by atoms with Gasteiger partial charge < -0.3 is 10.1 Å². The maximum absolute atomic E-state index is 13.8. The normalized spacial score (nSPS) is 10.4. The Morgan fingerprint density at radius 2 is 2.09 bits per heavy atom. The van der Waals surface area contributed by atoms with E-state index >= 15 is 0 Å². The fraction of sp³-hybridized carbons (Fsp3) is 0.235. The lowest BCUT2D eigenvalue weighted by Crippen LogP contribution is -2.21. The Morgan fingerprint density at radius 1 is 1.32 bits per heavy atom. The number of aryl methyl sites for hydroxylation is 1. The highest BCUT2D eigenvalue weighted by atomic mass is 35.5. The molecule has 2 aromatic rings. The van der Waals surface area contributed by atoms with Crippen LogP contribution in [0.4, 0.5) is 4.39 Å². The van der Waals surface area contributed by atoms with Gasteiger partial charge >= 0.3 is 0 Å². The summed E-state index contributed by atoms with van der Waals surface area (Å²) in [4.78, 5) is 11.6.